The second-order valence-corrected chi connectivity index (χ2v) is 11.3. The van der Waals surface area contributed by atoms with Crippen molar-refractivity contribution in [1.82, 2.24) is 5.32 Å². The fourth-order valence-electron chi connectivity index (χ4n) is 3.96. The van der Waals surface area contributed by atoms with Crippen molar-refractivity contribution in [3.63, 3.8) is 0 Å². The van der Waals surface area contributed by atoms with Gasteiger partial charge >= 0.3 is 0 Å². The number of hydrogen-bond acceptors (Lipinski definition) is 4. The summed E-state index contributed by atoms with van der Waals surface area (Å²) in [6.45, 7) is 5.94. The van der Waals surface area contributed by atoms with E-state index in [2.05, 4.69) is 29.8 Å². The van der Waals surface area contributed by atoms with Crippen molar-refractivity contribution in [1.29, 1.82) is 0 Å². The highest BCUT2D eigenvalue weighted by Gasteiger charge is 2.18. The quantitative estimate of drug-likeness (QED) is 0.134. The predicted octanol–water partition coefficient (Wildman–Crippen LogP) is 7.48. The Morgan fingerprint density at radius 3 is 2.05 bits per heavy atom. The lowest BCUT2D eigenvalue weighted by Crippen LogP contribution is -2.30. The third-order valence-electron chi connectivity index (χ3n) is 6.37. The number of nitrogens with one attached hydrogen (secondary N) is 3. The monoisotopic (exact) mass is 581 g/mol. The molecule has 214 valence electrons. The van der Waals surface area contributed by atoms with E-state index >= 15 is 0 Å². The fraction of sp³-hybridized carbons (Fsp3) is 0.147. The standard InChI is InChI=1S/C34H32FN3O3S/c1-22(2)25-15-13-24(14-16-25)21-31(38-33(40)26-9-5-4-6-10-26)34(41)36-27-17-19-28(20-18-27)42-23(3)32(39)37-30-12-8-7-11-29(30)35/h4-23H,1-3H3,(H,36,41)(H,37,39)(H,38,40)/b31-21-. The van der Waals surface area contributed by atoms with Gasteiger partial charge in [-0.2, -0.15) is 0 Å². The van der Waals surface area contributed by atoms with Gasteiger partial charge in [0.25, 0.3) is 11.8 Å². The average molecular weight is 582 g/mol. The van der Waals surface area contributed by atoms with Crippen LogP contribution in [-0.4, -0.2) is 23.0 Å². The van der Waals surface area contributed by atoms with Gasteiger partial charge in [-0.1, -0.05) is 68.4 Å². The average Bonchev–Trinajstić information content (AvgIpc) is 2.99. The maximum Gasteiger partial charge on any atom is 0.272 e. The minimum absolute atomic E-state index is 0.0954. The van der Waals surface area contributed by atoms with Crippen LogP contribution < -0.4 is 16.0 Å². The van der Waals surface area contributed by atoms with E-state index in [9.17, 15) is 18.8 Å². The third-order valence-corrected chi connectivity index (χ3v) is 7.48. The summed E-state index contributed by atoms with van der Waals surface area (Å²) in [5.41, 5.74) is 3.12. The molecule has 3 amide bonds. The summed E-state index contributed by atoms with van der Waals surface area (Å²) in [5, 5.41) is 7.70. The Morgan fingerprint density at radius 2 is 1.40 bits per heavy atom. The lowest BCUT2D eigenvalue weighted by atomic mass is 10.0. The van der Waals surface area contributed by atoms with Gasteiger partial charge in [-0.25, -0.2) is 4.39 Å². The molecule has 0 aliphatic rings. The first kappa shape index (κ1) is 30.3. The summed E-state index contributed by atoms with van der Waals surface area (Å²) < 4.78 is 13.9. The molecule has 0 saturated carbocycles. The summed E-state index contributed by atoms with van der Waals surface area (Å²) in [6.07, 6.45) is 1.64. The number of carbonyl (C=O) groups excluding carboxylic acids is 3. The summed E-state index contributed by atoms with van der Waals surface area (Å²) >= 11 is 1.31. The molecule has 0 radical (unpaired) electrons. The summed E-state index contributed by atoms with van der Waals surface area (Å²) in [6, 6.07) is 29.5. The van der Waals surface area contributed by atoms with Gasteiger partial charge in [0.2, 0.25) is 5.91 Å². The second-order valence-electron chi connectivity index (χ2n) is 9.91. The van der Waals surface area contributed by atoms with E-state index < -0.39 is 22.9 Å². The van der Waals surface area contributed by atoms with E-state index in [0.717, 1.165) is 10.5 Å². The predicted molar refractivity (Wildman–Crippen MR) is 168 cm³/mol. The van der Waals surface area contributed by atoms with Crippen LogP contribution in [0.2, 0.25) is 0 Å². The summed E-state index contributed by atoms with van der Waals surface area (Å²) in [7, 11) is 0. The highest BCUT2D eigenvalue weighted by molar-refractivity contribution is 8.00. The maximum absolute atomic E-state index is 13.9. The van der Waals surface area contributed by atoms with Crippen molar-refractivity contribution < 1.29 is 18.8 Å². The topological polar surface area (TPSA) is 87.3 Å². The molecule has 6 nitrogen and oxygen atoms in total. The normalized spacial score (nSPS) is 12.0. The number of hydrogen-bond donors (Lipinski definition) is 3. The molecule has 0 aliphatic heterocycles. The lowest BCUT2D eigenvalue weighted by molar-refractivity contribution is -0.115. The van der Waals surface area contributed by atoms with Crippen LogP contribution >= 0.6 is 11.8 Å². The first-order valence-electron chi connectivity index (χ1n) is 13.5. The van der Waals surface area contributed by atoms with E-state index in [0.29, 0.717) is 17.2 Å². The first-order valence-corrected chi connectivity index (χ1v) is 14.4. The Hall–Kier alpha value is -4.69. The summed E-state index contributed by atoms with van der Waals surface area (Å²) in [5.74, 6) is -1.33. The molecule has 0 spiro atoms. The van der Waals surface area contributed by atoms with Crippen LogP contribution in [0.25, 0.3) is 6.08 Å². The number of carbonyl (C=O) groups is 3. The molecule has 42 heavy (non-hydrogen) atoms. The molecule has 0 aliphatic carbocycles. The molecular formula is C34H32FN3O3S. The molecule has 1 unspecified atom stereocenters. The number of anilines is 2. The molecule has 0 fully saturated rings. The van der Waals surface area contributed by atoms with E-state index in [-0.39, 0.29) is 17.3 Å². The zero-order valence-electron chi connectivity index (χ0n) is 23.6. The number of rotatable bonds is 10. The van der Waals surface area contributed by atoms with Gasteiger partial charge < -0.3 is 16.0 Å². The second kappa shape index (κ2) is 14.3. The Bertz CT molecular complexity index is 1570. The number of para-hydroxylation sites is 1. The zero-order chi connectivity index (χ0) is 30.1. The lowest BCUT2D eigenvalue weighted by Gasteiger charge is -2.14. The molecule has 0 saturated heterocycles. The van der Waals surface area contributed by atoms with E-state index in [1.165, 1.54) is 29.5 Å². The fourth-order valence-corrected chi connectivity index (χ4v) is 4.82. The van der Waals surface area contributed by atoms with Gasteiger partial charge in [0.1, 0.15) is 11.5 Å². The van der Waals surface area contributed by atoms with E-state index in [4.69, 9.17) is 0 Å². The Balaban J connectivity index is 1.45. The molecular weight excluding hydrogens is 549 g/mol. The van der Waals surface area contributed by atoms with Crippen LogP contribution in [0.3, 0.4) is 0 Å². The van der Waals surface area contributed by atoms with Crippen LogP contribution in [0.4, 0.5) is 15.8 Å². The van der Waals surface area contributed by atoms with Crippen molar-refractivity contribution in [3.05, 3.63) is 131 Å². The van der Waals surface area contributed by atoms with Crippen LogP contribution in [0.15, 0.2) is 114 Å². The molecule has 0 bridgehead atoms. The minimum Gasteiger partial charge on any atom is -0.323 e. The minimum atomic E-state index is -0.496. The largest absolute Gasteiger partial charge is 0.323 e. The highest BCUT2D eigenvalue weighted by atomic mass is 32.2. The molecule has 4 aromatic rings. The Kier molecular flexibility index (Phi) is 10.3. The molecule has 4 rings (SSSR count). The van der Waals surface area contributed by atoms with E-state index in [1.54, 1.807) is 73.7 Å². The maximum atomic E-state index is 13.9. The number of halogens is 1. The molecule has 0 aromatic heterocycles. The Labute approximate surface area is 249 Å². The molecule has 8 heteroatoms. The third kappa shape index (κ3) is 8.41. The number of benzene rings is 4. The first-order chi connectivity index (χ1) is 20.2. The van der Waals surface area contributed by atoms with Crippen molar-refractivity contribution in [2.24, 2.45) is 0 Å². The van der Waals surface area contributed by atoms with Gasteiger partial charge in [0, 0.05) is 16.1 Å². The van der Waals surface area contributed by atoms with Gasteiger partial charge in [-0.05, 0) is 78.6 Å². The molecule has 3 N–H and O–H groups in total. The van der Waals surface area contributed by atoms with Gasteiger partial charge in [0.15, 0.2) is 0 Å². The van der Waals surface area contributed by atoms with Gasteiger partial charge in [-0.3, -0.25) is 14.4 Å². The molecule has 1 atom stereocenters. The smallest absolute Gasteiger partial charge is 0.272 e. The van der Waals surface area contributed by atoms with Crippen LogP contribution in [0, 0.1) is 5.82 Å². The zero-order valence-corrected chi connectivity index (χ0v) is 24.4. The van der Waals surface area contributed by atoms with Crippen LogP contribution in [-0.2, 0) is 9.59 Å². The van der Waals surface area contributed by atoms with Gasteiger partial charge in [0.05, 0.1) is 10.9 Å². The highest BCUT2D eigenvalue weighted by Crippen LogP contribution is 2.26. The van der Waals surface area contributed by atoms with E-state index in [1.807, 2.05) is 30.3 Å². The van der Waals surface area contributed by atoms with Crippen molar-refractivity contribution in [3.8, 4) is 0 Å². The van der Waals surface area contributed by atoms with Crippen molar-refractivity contribution in [2.45, 2.75) is 36.8 Å². The van der Waals surface area contributed by atoms with Crippen LogP contribution in [0.1, 0.15) is 48.2 Å². The van der Waals surface area contributed by atoms with Crippen LogP contribution in [0.5, 0.6) is 0 Å². The molecule has 0 heterocycles. The number of thioether (sulfide) groups is 1. The summed E-state index contributed by atoms with van der Waals surface area (Å²) in [4.78, 5) is 39.6. The SMILES string of the molecule is CC(Sc1ccc(NC(=O)/C(=C/c2ccc(C(C)C)cc2)NC(=O)c2ccccc2)cc1)C(=O)Nc1ccccc1F. The van der Waals surface area contributed by atoms with Gasteiger partial charge in [-0.15, -0.1) is 11.8 Å². The Morgan fingerprint density at radius 1 is 0.762 bits per heavy atom. The number of amides is 3. The van der Waals surface area contributed by atoms with Crippen molar-refractivity contribution in [2.75, 3.05) is 10.6 Å². The molecule has 4 aromatic carbocycles. The van der Waals surface area contributed by atoms with Crippen molar-refractivity contribution >= 4 is 46.9 Å².